The number of likely N-dealkylation sites (tertiary alicyclic amines) is 1. The van der Waals surface area contributed by atoms with Crippen LogP contribution in [-0.2, 0) is 9.59 Å². The van der Waals surface area contributed by atoms with Gasteiger partial charge in [-0.1, -0.05) is 12.1 Å². The summed E-state index contributed by atoms with van der Waals surface area (Å²) in [7, 11) is 0. The topological polar surface area (TPSA) is 61.4 Å². The minimum Gasteiger partial charge on any atom is -0.341 e. The molecule has 1 aromatic rings. The van der Waals surface area contributed by atoms with E-state index in [1.807, 2.05) is 0 Å². The number of rotatable bonds is 5. The highest BCUT2D eigenvalue weighted by atomic mass is 19.1. The van der Waals surface area contributed by atoms with E-state index in [0.717, 1.165) is 25.9 Å². The van der Waals surface area contributed by atoms with Gasteiger partial charge in [0.25, 0.3) is 0 Å². The molecular weight excluding hydrogens is 273 g/mol. The molecule has 114 valence electrons. The Kier molecular flexibility index (Phi) is 5.27. The van der Waals surface area contributed by atoms with Crippen LogP contribution in [0, 0.1) is 5.82 Å². The lowest BCUT2D eigenvalue weighted by Crippen LogP contribution is -2.46. The molecule has 0 radical (unpaired) electrons. The summed E-state index contributed by atoms with van der Waals surface area (Å²) in [5.74, 6) is -0.848. The monoisotopic (exact) mass is 293 g/mol. The lowest BCUT2D eigenvalue weighted by molar-refractivity contribution is -0.132. The van der Waals surface area contributed by atoms with Crippen molar-refractivity contribution in [3.8, 4) is 0 Å². The summed E-state index contributed by atoms with van der Waals surface area (Å²) in [5.41, 5.74) is 0.142. The molecule has 2 amide bonds. The Morgan fingerprint density at radius 3 is 2.62 bits per heavy atom. The van der Waals surface area contributed by atoms with Crippen LogP contribution in [0.2, 0.25) is 0 Å². The van der Waals surface area contributed by atoms with E-state index in [2.05, 4.69) is 10.6 Å². The van der Waals surface area contributed by atoms with Crippen molar-refractivity contribution in [1.82, 2.24) is 10.2 Å². The van der Waals surface area contributed by atoms with Crippen molar-refractivity contribution in [1.29, 1.82) is 0 Å². The van der Waals surface area contributed by atoms with Crippen LogP contribution in [0.3, 0.4) is 0 Å². The average Bonchev–Trinajstić information content (AvgIpc) is 3.00. The quantitative estimate of drug-likeness (QED) is 0.862. The Morgan fingerprint density at radius 2 is 1.95 bits per heavy atom. The highest BCUT2D eigenvalue weighted by Gasteiger charge is 2.23. The van der Waals surface area contributed by atoms with Crippen LogP contribution < -0.4 is 10.6 Å². The molecule has 2 rings (SSSR count). The van der Waals surface area contributed by atoms with E-state index >= 15 is 0 Å². The van der Waals surface area contributed by atoms with E-state index < -0.39 is 11.9 Å². The molecule has 1 heterocycles. The first kappa shape index (κ1) is 15.4. The van der Waals surface area contributed by atoms with Gasteiger partial charge in [0.15, 0.2) is 0 Å². The van der Waals surface area contributed by atoms with Gasteiger partial charge in [0.1, 0.15) is 5.82 Å². The second-order valence-corrected chi connectivity index (χ2v) is 5.16. The van der Waals surface area contributed by atoms with Crippen LogP contribution in [0.25, 0.3) is 0 Å². The lowest BCUT2D eigenvalue weighted by Gasteiger charge is -2.21. The number of nitrogens with one attached hydrogen (secondary N) is 2. The number of amides is 2. The third-order valence-corrected chi connectivity index (χ3v) is 3.50. The molecule has 0 saturated carbocycles. The van der Waals surface area contributed by atoms with Crippen LogP contribution >= 0.6 is 0 Å². The van der Waals surface area contributed by atoms with Gasteiger partial charge < -0.3 is 10.2 Å². The van der Waals surface area contributed by atoms with Crippen molar-refractivity contribution in [2.75, 3.05) is 25.0 Å². The van der Waals surface area contributed by atoms with Crippen LogP contribution in [0.5, 0.6) is 0 Å². The second-order valence-electron chi connectivity index (χ2n) is 5.16. The maximum Gasteiger partial charge on any atom is 0.239 e. The number of carbonyl (C=O) groups excluding carboxylic acids is 2. The van der Waals surface area contributed by atoms with Gasteiger partial charge in [-0.05, 0) is 31.9 Å². The summed E-state index contributed by atoms with van der Waals surface area (Å²) >= 11 is 0. The SMILES string of the molecule is CC(NCC(=O)Nc1ccccc1F)C(=O)N1CCCC1. The fraction of sp³-hybridized carbons (Fsp3) is 0.467. The molecule has 2 N–H and O–H groups in total. The van der Waals surface area contributed by atoms with Gasteiger partial charge in [-0.15, -0.1) is 0 Å². The van der Waals surface area contributed by atoms with Crippen molar-refractivity contribution in [2.45, 2.75) is 25.8 Å². The highest BCUT2D eigenvalue weighted by Crippen LogP contribution is 2.12. The third kappa shape index (κ3) is 4.26. The molecule has 0 spiro atoms. The normalized spacial score (nSPS) is 15.8. The van der Waals surface area contributed by atoms with E-state index in [9.17, 15) is 14.0 Å². The first-order valence-electron chi connectivity index (χ1n) is 7.14. The number of para-hydroxylation sites is 1. The molecule has 0 aromatic heterocycles. The molecule has 0 aliphatic carbocycles. The molecule has 1 fully saturated rings. The fourth-order valence-electron chi connectivity index (χ4n) is 2.30. The van der Waals surface area contributed by atoms with Gasteiger partial charge in [0.05, 0.1) is 18.3 Å². The fourth-order valence-corrected chi connectivity index (χ4v) is 2.30. The van der Waals surface area contributed by atoms with Gasteiger partial charge in [0, 0.05) is 13.1 Å². The molecule has 1 aliphatic heterocycles. The predicted octanol–water partition coefficient (Wildman–Crippen LogP) is 1.36. The van der Waals surface area contributed by atoms with Crippen molar-refractivity contribution >= 4 is 17.5 Å². The standard InChI is InChI=1S/C15H20FN3O2/c1-11(15(21)19-8-4-5-9-19)17-10-14(20)18-13-7-3-2-6-12(13)16/h2-3,6-7,11,17H,4-5,8-10H2,1H3,(H,18,20). The van der Waals surface area contributed by atoms with E-state index in [1.165, 1.54) is 12.1 Å². The predicted molar refractivity (Wildman–Crippen MR) is 78.3 cm³/mol. The molecule has 6 heteroatoms. The Labute approximate surface area is 123 Å². The van der Waals surface area contributed by atoms with Crippen molar-refractivity contribution in [3.05, 3.63) is 30.1 Å². The van der Waals surface area contributed by atoms with E-state index in [1.54, 1.807) is 24.0 Å². The minimum absolute atomic E-state index is 0.00573. The van der Waals surface area contributed by atoms with Crippen LogP contribution in [0.15, 0.2) is 24.3 Å². The van der Waals surface area contributed by atoms with Crippen LogP contribution in [0.4, 0.5) is 10.1 Å². The van der Waals surface area contributed by atoms with Gasteiger partial charge in [-0.25, -0.2) is 4.39 Å². The first-order valence-corrected chi connectivity index (χ1v) is 7.14. The molecule has 1 atom stereocenters. The summed E-state index contributed by atoms with van der Waals surface area (Å²) in [6.07, 6.45) is 2.07. The second kappa shape index (κ2) is 7.17. The van der Waals surface area contributed by atoms with Gasteiger partial charge in [-0.2, -0.15) is 0 Å². The molecule has 5 nitrogen and oxygen atoms in total. The number of nitrogens with zero attached hydrogens (tertiary/aromatic N) is 1. The molecular formula is C15H20FN3O2. The molecule has 21 heavy (non-hydrogen) atoms. The molecule has 1 saturated heterocycles. The summed E-state index contributed by atoms with van der Waals surface area (Å²) < 4.78 is 13.4. The highest BCUT2D eigenvalue weighted by molar-refractivity contribution is 5.93. The number of hydrogen-bond donors (Lipinski definition) is 2. The van der Waals surface area contributed by atoms with Gasteiger partial charge in [-0.3, -0.25) is 14.9 Å². The van der Waals surface area contributed by atoms with Crippen molar-refractivity contribution < 1.29 is 14.0 Å². The smallest absolute Gasteiger partial charge is 0.239 e. The number of anilines is 1. The van der Waals surface area contributed by atoms with Crippen LogP contribution in [-0.4, -0.2) is 42.4 Å². The maximum absolute atomic E-state index is 13.4. The number of halogens is 1. The van der Waals surface area contributed by atoms with Gasteiger partial charge in [0.2, 0.25) is 11.8 Å². The first-order chi connectivity index (χ1) is 10.1. The zero-order chi connectivity index (χ0) is 15.2. The number of hydrogen-bond acceptors (Lipinski definition) is 3. The van der Waals surface area contributed by atoms with Crippen LogP contribution in [0.1, 0.15) is 19.8 Å². The molecule has 1 aromatic carbocycles. The molecule has 0 bridgehead atoms. The Balaban J connectivity index is 1.78. The lowest BCUT2D eigenvalue weighted by atomic mass is 10.3. The third-order valence-electron chi connectivity index (χ3n) is 3.50. The zero-order valence-corrected chi connectivity index (χ0v) is 12.1. The number of carbonyl (C=O) groups is 2. The minimum atomic E-state index is -0.480. The summed E-state index contributed by atoms with van der Waals surface area (Å²) in [4.78, 5) is 25.6. The zero-order valence-electron chi connectivity index (χ0n) is 12.1. The average molecular weight is 293 g/mol. The van der Waals surface area contributed by atoms with Crippen molar-refractivity contribution in [2.24, 2.45) is 0 Å². The summed E-state index contributed by atoms with van der Waals surface area (Å²) in [6.45, 7) is 3.27. The maximum atomic E-state index is 13.4. The summed E-state index contributed by atoms with van der Waals surface area (Å²) in [6, 6.07) is 5.55. The number of benzene rings is 1. The van der Waals surface area contributed by atoms with E-state index in [-0.39, 0.29) is 24.0 Å². The molecule has 1 aliphatic rings. The molecule has 1 unspecified atom stereocenters. The van der Waals surface area contributed by atoms with E-state index in [0.29, 0.717) is 0 Å². The summed E-state index contributed by atoms with van der Waals surface area (Å²) in [5, 5.41) is 5.35. The van der Waals surface area contributed by atoms with E-state index in [4.69, 9.17) is 0 Å². The Bertz CT molecular complexity index is 515. The Morgan fingerprint density at radius 1 is 1.29 bits per heavy atom. The van der Waals surface area contributed by atoms with Crippen molar-refractivity contribution in [3.63, 3.8) is 0 Å². The largest absolute Gasteiger partial charge is 0.341 e. The Hall–Kier alpha value is -1.95. The van der Waals surface area contributed by atoms with Gasteiger partial charge >= 0.3 is 0 Å².